The first-order chi connectivity index (χ1) is 10.6. The van der Waals surface area contributed by atoms with E-state index in [0.717, 1.165) is 5.56 Å². The number of amides is 1. The van der Waals surface area contributed by atoms with Crippen molar-refractivity contribution in [1.29, 1.82) is 0 Å². The maximum Gasteiger partial charge on any atom is 0.413 e. The average molecular weight is 339 g/mol. The van der Waals surface area contributed by atoms with E-state index in [1.807, 2.05) is 52.8 Å². The molecule has 2 rings (SSSR count). The number of carbonyl (C=O) groups is 1. The van der Waals surface area contributed by atoms with Gasteiger partial charge in [0.15, 0.2) is 0 Å². The van der Waals surface area contributed by atoms with Gasteiger partial charge >= 0.3 is 6.09 Å². The number of hydrogen-bond acceptors (Lipinski definition) is 4. The second kappa shape index (κ2) is 6.49. The van der Waals surface area contributed by atoms with Gasteiger partial charge in [0.1, 0.15) is 16.5 Å². The van der Waals surface area contributed by atoms with Crippen LogP contribution in [0.3, 0.4) is 0 Å². The van der Waals surface area contributed by atoms with E-state index in [4.69, 9.17) is 21.1 Å². The molecule has 0 saturated carbocycles. The van der Waals surface area contributed by atoms with Crippen molar-refractivity contribution in [2.75, 3.05) is 6.61 Å². The Kier molecular flexibility index (Phi) is 5.01. The maximum absolute atomic E-state index is 12.5. The number of pyridine rings is 1. The van der Waals surface area contributed by atoms with Crippen LogP contribution in [0, 0.1) is 0 Å². The molecule has 5 nitrogen and oxygen atoms in total. The number of aromatic nitrogens is 1. The molecule has 0 aromatic carbocycles. The number of hydrogen-bond donors (Lipinski definition) is 0. The topological polar surface area (TPSA) is 51.7 Å². The minimum absolute atomic E-state index is 0.199. The summed E-state index contributed by atoms with van der Waals surface area (Å²) < 4.78 is 11.2. The molecule has 0 radical (unpaired) electrons. The van der Waals surface area contributed by atoms with Crippen molar-refractivity contribution >= 4 is 23.8 Å². The molecule has 1 atom stereocenters. The molecule has 1 saturated heterocycles. The first kappa shape index (κ1) is 17.8. The third-order valence-electron chi connectivity index (χ3n) is 3.37. The van der Waals surface area contributed by atoms with Crippen molar-refractivity contribution in [2.24, 2.45) is 0 Å². The van der Waals surface area contributed by atoms with Gasteiger partial charge in [-0.05, 0) is 46.2 Å². The second-order valence-corrected chi connectivity index (χ2v) is 7.34. The molecular formula is C17H23ClN2O3. The van der Waals surface area contributed by atoms with E-state index in [0.29, 0.717) is 11.8 Å². The van der Waals surface area contributed by atoms with Gasteiger partial charge in [-0.3, -0.25) is 4.90 Å². The van der Waals surface area contributed by atoms with Gasteiger partial charge in [0, 0.05) is 6.20 Å². The molecule has 1 fully saturated rings. The van der Waals surface area contributed by atoms with Crippen LogP contribution in [-0.4, -0.2) is 40.0 Å². The van der Waals surface area contributed by atoms with Gasteiger partial charge in [-0.2, -0.15) is 0 Å². The van der Waals surface area contributed by atoms with Crippen LogP contribution in [0.5, 0.6) is 0 Å². The highest BCUT2D eigenvalue weighted by atomic mass is 35.5. The van der Waals surface area contributed by atoms with E-state index in [9.17, 15) is 4.79 Å². The van der Waals surface area contributed by atoms with Crippen LogP contribution < -0.4 is 0 Å². The van der Waals surface area contributed by atoms with Gasteiger partial charge in [0.05, 0.1) is 12.6 Å². The summed E-state index contributed by atoms with van der Waals surface area (Å²) >= 11 is 5.78. The van der Waals surface area contributed by atoms with E-state index in [1.54, 1.807) is 17.2 Å². The minimum atomic E-state index is -0.713. The molecule has 0 aliphatic carbocycles. The first-order valence-electron chi connectivity index (χ1n) is 7.54. The Hall–Kier alpha value is -1.59. The Labute approximate surface area is 142 Å². The lowest BCUT2D eigenvalue weighted by molar-refractivity contribution is -0.0610. The SMILES string of the molecule is CC(C)(C)OC(=O)N1[C@H](/C=C/c2ccc(Cl)nc2)COC1(C)C. The van der Waals surface area contributed by atoms with Crippen LogP contribution in [0.2, 0.25) is 5.15 Å². The Morgan fingerprint density at radius 2 is 2.17 bits per heavy atom. The van der Waals surface area contributed by atoms with Crippen LogP contribution in [0.15, 0.2) is 24.4 Å². The third-order valence-corrected chi connectivity index (χ3v) is 3.59. The lowest BCUT2D eigenvalue weighted by Gasteiger charge is -2.34. The van der Waals surface area contributed by atoms with Gasteiger partial charge in [0.25, 0.3) is 0 Å². The van der Waals surface area contributed by atoms with Crippen molar-refractivity contribution in [2.45, 2.75) is 52.0 Å². The fourth-order valence-corrected chi connectivity index (χ4v) is 2.46. The van der Waals surface area contributed by atoms with Gasteiger partial charge < -0.3 is 9.47 Å². The predicted octanol–water partition coefficient (Wildman–Crippen LogP) is 4.12. The summed E-state index contributed by atoms with van der Waals surface area (Å²) in [5.41, 5.74) is -0.358. The zero-order valence-corrected chi connectivity index (χ0v) is 14.9. The predicted molar refractivity (Wildman–Crippen MR) is 90.2 cm³/mol. The Bertz CT molecular complexity index is 591. The fraction of sp³-hybridized carbons (Fsp3) is 0.529. The fourth-order valence-electron chi connectivity index (χ4n) is 2.35. The molecule has 126 valence electrons. The normalized spacial score (nSPS) is 21.0. The first-order valence-corrected chi connectivity index (χ1v) is 7.92. The number of halogens is 1. The molecule has 23 heavy (non-hydrogen) atoms. The van der Waals surface area contributed by atoms with Crippen LogP contribution in [0.25, 0.3) is 6.08 Å². The lowest BCUT2D eigenvalue weighted by Crippen LogP contribution is -2.49. The zero-order chi connectivity index (χ0) is 17.3. The Morgan fingerprint density at radius 3 is 2.74 bits per heavy atom. The highest BCUT2D eigenvalue weighted by molar-refractivity contribution is 6.29. The molecule has 0 bridgehead atoms. The summed E-state index contributed by atoms with van der Waals surface area (Å²) in [7, 11) is 0. The van der Waals surface area contributed by atoms with Crippen molar-refractivity contribution < 1.29 is 14.3 Å². The average Bonchev–Trinajstić information content (AvgIpc) is 2.71. The molecule has 0 N–H and O–H groups in total. The van der Waals surface area contributed by atoms with Gasteiger partial charge in [-0.15, -0.1) is 0 Å². The van der Waals surface area contributed by atoms with Crippen molar-refractivity contribution in [1.82, 2.24) is 9.88 Å². The van der Waals surface area contributed by atoms with Crippen molar-refractivity contribution in [3.8, 4) is 0 Å². The standard InChI is InChI=1S/C17H23ClN2O3/c1-16(2,3)23-15(21)20-13(11-22-17(20,4)5)8-6-12-7-9-14(18)19-10-12/h6-10,13H,11H2,1-5H3/b8-6+/t13-/m1/s1. The molecule has 6 heteroatoms. The van der Waals surface area contributed by atoms with Crippen molar-refractivity contribution in [3.63, 3.8) is 0 Å². The Morgan fingerprint density at radius 1 is 1.48 bits per heavy atom. The smallest absolute Gasteiger partial charge is 0.413 e. The molecule has 0 spiro atoms. The summed E-state index contributed by atoms with van der Waals surface area (Å²) in [5, 5.41) is 0.447. The third kappa shape index (κ3) is 4.69. The zero-order valence-electron chi connectivity index (χ0n) is 14.2. The van der Waals surface area contributed by atoms with E-state index < -0.39 is 11.3 Å². The van der Waals surface area contributed by atoms with Crippen LogP contribution >= 0.6 is 11.6 Å². The van der Waals surface area contributed by atoms with Crippen LogP contribution in [-0.2, 0) is 9.47 Å². The van der Waals surface area contributed by atoms with Gasteiger partial charge in [0.2, 0.25) is 0 Å². The van der Waals surface area contributed by atoms with Crippen molar-refractivity contribution in [3.05, 3.63) is 35.1 Å². The molecule has 1 amide bonds. The Balaban J connectivity index is 2.16. The van der Waals surface area contributed by atoms with E-state index >= 15 is 0 Å². The lowest BCUT2D eigenvalue weighted by atomic mass is 10.1. The van der Waals surface area contributed by atoms with Gasteiger partial charge in [-0.25, -0.2) is 9.78 Å². The minimum Gasteiger partial charge on any atom is -0.444 e. The van der Waals surface area contributed by atoms with E-state index in [2.05, 4.69) is 4.98 Å². The molecular weight excluding hydrogens is 316 g/mol. The number of nitrogens with zero attached hydrogens (tertiary/aromatic N) is 2. The summed E-state index contributed by atoms with van der Waals surface area (Å²) in [6, 6.07) is 3.39. The summed E-state index contributed by atoms with van der Waals surface area (Å²) in [6.07, 6.45) is 5.11. The second-order valence-electron chi connectivity index (χ2n) is 6.95. The van der Waals surface area contributed by atoms with E-state index in [1.165, 1.54) is 0 Å². The number of rotatable bonds is 2. The molecule has 1 aromatic heterocycles. The highest BCUT2D eigenvalue weighted by Gasteiger charge is 2.44. The molecule has 1 aliphatic heterocycles. The number of carbonyl (C=O) groups excluding carboxylic acids is 1. The van der Waals surface area contributed by atoms with Crippen LogP contribution in [0.1, 0.15) is 40.2 Å². The largest absolute Gasteiger partial charge is 0.444 e. The monoisotopic (exact) mass is 338 g/mol. The molecule has 0 unspecified atom stereocenters. The number of ether oxygens (including phenoxy) is 2. The summed E-state index contributed by atoms with van der Waals surface area (Å²) in [4.78, 5) is 18.2. The van der Waals surface area contributed by atoms with Gasteiger partial charge in [-0.1, -0.05) is 29.8 Å². The summed E-state index contributed by atoms with van der Waals surface area (Å²) in [5.74, 6) is 0. The maximum atomic E-state index is 12.5. The van der Waals surface area contributed by atoms with Crippen LogP contribution in [0.4, 0.5) is 4.79 Å². The summed E-state index contributed by atoms with van der Waals surface area (Å²) in [6.45, 7) is 9.67. The molecule has 2 heterocycles. The van der Waals surface area contributed by atoms with E-state index in [-0.39, 0.29) is 12.1 Å². The molecule has 1 aromatic rings. The quantitative estimate of drug-likeness (QED) is 0.761. The molecule has 1 aliphatic rings. The highest BCUT2D eigenvalue weighted by Crippen LogP contribution is 2.30.